The summed E-state index contributed by atoms with van der Waals surface area (Å²) in [5.41, 5.74) is 2.96. The number of pyridine rings is 1. The van der Waals surface area contributed by atoms with E-state index in [2.05, 4.69) is 4.98 Å². The van der Waals surface area contributed by atoms with Crippen molar-refractivity contribution < 1.29 is 4.79 Å². The zero-order valence-corrected chi connectivity index (χ0v) is 10.4. The third-order valence-electron chi connectivity index (χ3n) is 3.28. The maximum Gasteiger partial charge on any atom is 0.131 e. The number of rotatable bonds is 3. The van der Waals surface area contributed by atoms with Crippen LogP contribution in [0.15, 0.2) is 66.9 Å². The lowest BCUT2D eigenvalue weighted by atomic mass is 9.92. The Morgan fingerprint density at radius 1 is 0.895 bits per heavy atom. The lowest BCUT2D eigenvalue weighted by Gasteiger charge is -2.11. The number of benzene rings is 2. The van der Waals surface area contributed by atoms with Crippen molar-refractivity contribution in [2.45, 2.75) is 5.92 Å². The molecule has 0 aliphatic carbocycles. The molecule has 0 saturated heterocycles. The monoisotopic (exact) mass is 247 g/mol. The predicted molar refractivity (Wildman–Crippen MR) is 76.1 cm³/mol. The van der Waals surface area contributed by atoms with Gasteiger partial charge in [-0.25, -0.2) is 0 Å². The summed E-state index contributed by atoms with van der Waals surface area (Å²) in [4.78, 5) is 15.7. The average molecular weight is 247 g/mol. The molecule has 2 heteroatoms. The highest BCUT2D eigenvalue weighted by atomic mass is 16.1. The molecule has 19 heavy (non-hydrogen) atoms. The Balaban J connectivity index is 2.09. The van der Waals surface area contributed by atoms with Crippen molar-refractivity contribution in [3.63, 3.8) is 0 Å². The summed E-state index contributed by atoms with van der Waals surface area (Å²) in [5, 5.41) is 1.06. The standard InChI is InChI=1S/C17H13NO/c19-12-16(13-5-2-1-3-6-13)14-8-9-17-15(11-14)7-4-10-18-17/h1-12,16H. The van der Waals surface area contributed by atoms with Crippen LogP contribution in [0.5, 0.6) is 0 Å². The Hall–Kier alpha value is -2.48. The molecular weight excluding hydrogens is 234 g/mol. The normalized spacial score (nSPS) is 12.2. The molecule has 92 valence electrons. The maximum absolute atomic E-state index is 11.4. The lowest BCUT2D eigenvalue weighted by molar-refractivity contribution is -0.108. The van der Waals surface area contributed by atoms with Crippen LogP contribution < -0.4 is 0 Å². The molecule has 0 spiro atoms. The molecule has 1 unspecified atom stereocenters. The van der Waals surface area contributed by atoms with Gasteiger partial charge in [-0.05, 0) is 29.3 Å². The summed E-state index contributed by atoms with van der Waals surface area (Å²) in [6.07, 6.45) is 2.77. The van der Waals surface area contributed by atoms with Crippen molar-refractivity contribution >= 4 is 17.2 Å². The van der Waals surface area contributed by atoms with E-state index in [1.165, 1.54) is 0 Å². The lowest BCUT2D eigenvalue weighted by Crippen LogP contribution is -2.02. The first-order valence-corrected chi connectivity index (χ1v) is 6.23. The second kappa shape index (κ2) is 5.02. The van der Waals surface area contributed by atoms with Gasteiger partial charge in [-0.1, -0.05) is 42.5 Å². The number of fused-ring (bicyclic) bond motifs is 1. The Bertz CT molecular complexity index is 707. The fraction of sp³-hybridized carbons (Fsp3) is 0.0588. The summed E-state index contributed by atoms with van der Waals surface area (Å²) in [6.45, 7) is 0. The topological polar surface area (TPSA) is 30.0 Å². The van der Waals surface area contributed by atoms with E-state index in [9.17, 15) is 4.79 Å². The largest absolute Gasteiger partial charge is 0.302 e. The Morgan fingerprint density at radius 2 is 1.74 bits per heavy atom. The first-order chi connectivity index (χ1) is 9.38. The third-order valence-corrected chi connectivity index (χ3v) is 3.28. The molecule has 0 bridgehead atoms. The quantitative estimate of drug-likeness (QED) is 0.662. The van der Waals surface area contributed by atoms with E-state index in [-0.39, 0.29) is 5.92 Å². The highest BCUT2D eigenvalue weighted by Gasteiger charge is 2.13. The molecule has 0 aliphatic heterocycles. The van der Waals surface area contributed by atoms with Gasteiger partial charge >= 0.3 is 0 Å². The number of aldehydes is 1. The van der Waals surface area contributed by atoms with E-state index in [0.717, 1.165) is 28.3 Å². The van der Waals surface area contributed by atoms with Gasteiger partial charge in [-0.2, -0.15) is 0 Å². The number of carbonyl (C=O) groups excluding carboxylic acids is 1. The molecule has 0 amide bonds. The minimum Gasteiger partial charge on any atom is -0.302 e. The van der Waals surface area contributed by atoms with Crippen LogP contribution in [-0.2, 0) is 4.79 Å². The molecular formula is C17H13NO. The fourth-order valence-electron chi connectivity index (χ4n) is 2.30. The van der Waals surface area contributed by atoms with Crippen LogP contribution in [-0.4, -0.2) is 11.3 Å². The summed E-state index contributed by atoms with van der Waals surface area (Å²) in [5.74, 6) is -0.217. The van der Waals surface area contributed by atoms with Gasteiger partial charge in [0.2, 0.25) is 0 Å². The Labute approximate surface area is 111 Å². The van der Waals surface area contributed by atoms with Crippen molar-refractivity contribution in [1.82, 2.24) is 4.98 Å². The molecule has 3 aromatic rings. The summed E-state index contributed by atoms with van der Waals surface area (Å²) < 4.78 is 0. The van der Waals surface area contributed by atoms with Crippen molar-refractivity contribution in [1.29, 1.82) is 0 Å². The number of aromatic nitrogens is 1. The highest BCUT2D eigenvalue weighted by Crippen LogP contribution is 2.25. The Kier molecular flexibility index (Phi) is 3.07. The van der Waals surface area contributed by atoms with Crippen molar-refractivity contribution in [2.75, 3.05) is 0 Å². The van der Waals surface area contributed by atoms with Crippen LogP contribution in [0.4, 0.5) is 0 Å². The first-order valence-electron chi connectivity index (χ1n) is 6.23. The zero-order valence-electron chi connectivity index (χ0n) is 10.4. The van der Waals surface area contributed by atoms with Crippen molar-refractivity contribution in [3.8, 4) is 0 Å². The number of nitrogens with zero attached hydrogens (tertiary/aromatic N) is 1. The van der Waals surface area contributed by atoms with Crippen LogP contribution in [0.1, 0.15) is 17.0 Å². The van der Waals surface area contributed by atoms with E-state index in [1.54, 1.807) is 6.20 Å². The van der Waals surface area contributed by atoms with E-state index >= 15 is 0 Å². The minimum atomic E-state index is -0.217. The molecule has 0 radical (unpaired) electrons. The molecule has 2 aromatic carbocycles. The van der Waals surface area contributed by atoms with E-state index in [4.69, 9.17) is 0 Å². The van der Waals surface area contributed by atoms with E-state index in [1.807, 2.05) is 60.7 Å². The zero-order chi connectivity index (χ0) is 13.1. The van der Waals surface area contributed by atoms with Gasteiger partial charge in [-0.3, -0.25) is 4.98 Å². The van der Waals surface area contributed by atoms with E-state index < -0.39 is 0 Å². The third kappa shape index (κ3) is 2.25. The summed E-state index contributed by atoms with van der Waals surface area (Å²) >= 11 is 0. The first kappa shape index (κ1) is 11.6. The van der Waals surface area contributed by atoms with Gasteiger partial charge in [0.15, 0.2) is 0 Å². The van der Waals surface area contributed by atoms with Crippen LogP contribution in [0.3, 0.4) is 0 Å². The minimum absolute atomic E-state index is 0.217. The molecule has 1 atom stereocenters. The van der Waals surface area contributed by atoms with Gasteiger partial charge in [0, 0.05) is 11.6 Å². The molecule has 1 aromatic heterocycles. The molecule has 0 saturated carbocycles. The molecule has 3 rings (SSSR count). The SMILES string of the molecule is O=CC(c1ccccc1)c1ccc2ncccc2c1. The number of hydrogen-bond donors (Lipinski definition) is 0. The number of carbonyl (C=O) groups is 1. The molecule has 0 fully saturated rings. The predicted octanol–water partition coefficient (Wildman–Crippen LogP) is 3.57. The summed E-state index contributed by atoms with van der Waals surface area (Å²) in [6, 6.07) is 19.7. The average Bonchev–Trinajstić information content (AvgIpc) is 2.49. The number of hydrogen-bond acceptors (Lipinski definition) is 2. The van der Waals surface area contributed by atoms with Crippen molar-refractivity contribution in [2.24, 2.45) is 0 Å². The van der Waals surface area contributed by atoms with Crippen LogP contribution in [0, 0.1) is 0 Å². The van der Waals surface area contributed by atoms with Gasteiger partial charge in [0.25, 0.3) is 0 Å². The molecule has 2 nitrogen and oxygen atoms in total. The van der Waals surface area contributed by atoms with E-state index in [0.29, 0.717) is 0 Å². The molecule has 1 heterocycles. The van der Waals surface area contributed by atoms with Gasteiger partial charge < -0.3 is 4.79 Å². The van der Waals surface area contributed by atoms with Crippen molar-refractivity contribution in [3.05, 3.63) is 78.0 Å². The van der Waals surface area contributed by atoms with Gasteiger partial charge in [0.1, 0.15) is 6.29 Å². The second-order valence-corrected chi connectivity index (χ2v) is 4.48. The van der Waals surface area contributed by atoms with Crippen LogP contribution >= 0.6 is 0 Å². The second-order valence-electron chi connectivity index (χ2n) is 4.48. The fourth-order valence-corrected chi connectivity index (χ4v) is 2.30. The molecule has 0 aliphatic rings. The van der Waals surface area contributed by atoms with Crippen LogP contribution in [0.25, 0.3) is 10.9 Å². The van der Waals surface area contributed by atoms with Crippen LogP contribution in [0.2, 0.25) is 0 Å². The summed E-state index contributed by atoms with van der Waals surface area (Å²) in [7, 11) is 0. The Morgan fingerprint density at radius 3 is 2.53 bits per heavy atom. The maximum atomic E-state index is 11.4. The highest BCUT2D eigenvalue weighted by molar-refractivity contribution is 5.81. The smallest absolute Gasteiger partial charge is 0.131 e. The van der Waals surface area contributed by atoms with Gasteiger partial charge in [-0.15, -0.1) is 0 Å². The molecule has 0 N–H and O–H groups in total. The van der Waals surface area contributed by atoms with Gasteiger partial charge in [0.05, 0.1) is 11.4 Å².